The number of carbonyl (C=O) groups is 2. The molecule has 0 bridgehead atoms. The van der Waals surface area contributed by atoms with Crippen LogP contribution < -0.4 is 10.5 Å². The Morgan fingerprint density at radius 2 is 2.06 bits per heavy atom. The number of nitrogens with two attached hydrogens (primary N) is 1. The lowest BCUT2D eigenvalue weighted by molar-refractivity contribution is -0.117. The van der Waals surface area contributed by atoms with Gasteiger partial charge in [0.25, 0.3) is 0 Å². The van der Waals surface area contributed by atoms with E-state index in [4.69, 9.17) is 10.5 Å². The SMILES string of the molecule is COC(=O)c1ccc(OC)c(C=CCC(N)=O)c1. The summed E-state index contributed by atoms with van der Waals surface area (Å²) in [6.45, 7) is 0. The van der Waals surface area contributed by atoms with Gasteiger partial charge in [0.1, 0.15) is 5.75 Å². The van der Waals surface area contributed by atoms with E-state index in [2.05, 4.69) is 4.74 Å². The molecule has 0 saturated heterocycles. The van der Waals surface area contributed by atoms with Gasteiger partial charge in [-0.25, -0.2) is 4.79 Å². The summed E-state index contributed by atoms with van der Waals surface area (Å²) in [6, 6.07) is 4.90. The van der Waals surface area contributed by atoms with Gasteiger partial charge in [0.15, 0.2) is 0 Å². The van der Waals surface area contributed by atoms with Crippen LogP contribution in [0.4, 0.5) is 0 Å². The predicted octanol–water partition coefficient (Wildman–Crippen LogP) is 1.37. The highest BCUT2D eigenvalue weighted by atomic mass is 16.5. The number of methoxy groups -OCH3 is 2. The summed E-state index contributed by atoms with van der Waals surface area (Å²) in [6.07, 6.45) is 3.42. The number of amides is 1. The zero-order valence-corrected chi connectivity index (χ0v) is 10.3. The van der Waals surface area contributed by atoms with Gasteiger partial charge in [-0.15, -0.1) is 0 Å². The van der Waals surface area contributed by atoms with Crippen molar-refractivity contribution in [2.75, 3.05) is 14.2 Å². The van der Waals surface area contributed by atoms with E-state index in [1.807, 2.05) is 0 Å². The summed E-state index contributed by atoms with van der Waals surface area (Å²) < 4.78 is 9.78. The standard InChI is InChI=1S/C13H15NO4/c1-17-11-7-6-10(13(16)18-2)8-9(11)4-3-5-12(14)15/h3-4,6-8H,5H2,1-2H3,(H2,14,15). The maximum atomic E-state index is 11.4. The molecular weight excluding hydrogens is 234 g/mol. The number of benzene rings is 1. The minimum Gasteiger partial charge on any atom is -0.496 e. The number of ether oxygens (including phenoxy) is 2. The Kier molecular flexibility index (Phi) is 4.92. The molecule has 0 atom stereocenters. The smallest absolute Gasteiger partial charge is 0.337 e. The van der Waals surface area contributed by atoms with E-state index in [1.54, 1.807) is 30.4 Å². The average molecular weight is 249 g/mol. The summed E-state index contributed by atoms with van der Waals surface area (Å²) >= 11 is 0. The van der Waals surface area contributed by atoms with Gasteiger partial charge < -0.3 is 15.2 Å². The van der Waals surface area contributed by atoms with Crippen LogP contribution >= 0.6 is 0 Å². The highest BCUT2D eigenvalue weighted by Crippen LogP contribution is 2.22. The molecule has 18 heavy (non-hydrogen) atoms. The van der Waals surface area contributed by atoms with Crippen molar-refractivity contribution in [3.8, 4) is 5.75 Å². The predicted molar refractivity (Wildman–Crippen MR) is 67.2 cm³/mol. The Bertz CT molecular complexity index is 480. The van der Waals surface area contributed by atoms with Crippen molar-refractivity contribution < 1.29 is 19.1 Å². The average Bonchev–Trinajstić information content (AvgIpc) is 2.37. The molecule has 0 aliphatic rings. The van der Waals surface area contributed by atoms with Gasteiger partial charge in [0, 0.05) is 12.0 Å². The van der Waals surface area contributed by atoms with E-state index < -0.39 is 11.9 Å². The topological polar surface area (TPSA) is 78.6 Å². The first kappa shape index (κ1) is 13.8. The molecule has 0 aliphatic heterocycles. The van der Waals surface area contributed by atoms with Crippen molar-refractivity contribution in [1.29, 1.82) is 0 Å². The van der Waals surface area contributed by atoms with Crippen molar-refractivity contribution in [3.05, 3.63) is 35.4 Å². The van der Waals surface area contributed by atoms with Crippen LogP contribution in [0.3, 0.4) is 0 Å². The molecule has 2 N–H and O–H groups in total. The first-order chi connectivity index (χ1) is 8.58. The molecule has 0 fully saturated rings. The number of carbonyl (C=O) groups excluding carboxylic acids is 2. The molecule has 0 unspecified atom stereocenters. The zero-order valence-electron chi connectivity index (χ0n) is 10.3. The van der Waals surface area contributed by atoms with Gasteiger partial charge in [-0.3, -0.25) is 4.79 Å². The van der Waals surface area contributed by atoms with Crippen LogP contribution in [0.1, 0.15) is 22.3 Å². The number of primary amides is 1. The van der Waals surface area contributed by atoms with Crippen LogP contribution in [0.15, 0.2) is 24.3 Å². The maximum Gasteiger partial charge on any atom is 0.337 e. The van der Waals surface area contributed by atoms with Crippen LogP contribution in [0.2, 0.25) is 0 Å². The summed E-state index contributed by atoms with van der Waals surface area (Å²) in [5.41, 5.74) is 6.13. The van der Waals surface area contributed by atoms with Gasteiger partial charge >= 0.3 is 5.97 Å². The Balaban J connectivity index is 3.02. The van der Waals surface area contributed by atoms with Crippen LogP contribution in [0.25, 0.3) is 6.08 Å². The molecule has 5 heteroatoms. The van der Waals surface area contributed by atoms with Crippen molar-refractivity contribution in [1.82, 2.24) is 0 Å². The molecule has 0 saturated carbocycles. The van der Waals surface area contributed by atoms with Gasteiger partial charge in [-0.05, 0) is 18.2 Å². The largest absolute Gasteiger partial charge is 0.496 e. The molecule has 5 nitrogen and oxygen atoms in total. The summed E-state index contributed by atoms with van der Waals surface area (Å²) in [7, 11) is 2.84. The second kappa shape index (κ2) is 6.44. The van der Waals surface area contributed by atoms with Crippen molar-refractivity contribution >= 4 is 18.0 Å². The summed E-state index contributed by atoms with van der Waals surface area (Å²) in [5.74, 6) is -0.250. The minimum atomic E-state index is -0.429. The summed E-state index contributed by atoms with van der Waals surface area (Å²) in [4.78, 5) is 22.0. The van der Waals surface area contributed by atoms with E-state index in [1.165, 1.54) is 14.2 Å². The monoisotopic (exact) mass is 249 g/mol. The number of esters is 1. The van der Waals surface area contributed by atoms with Gasteiger partial charge in [0.05, 0.1) is 19.8 Å². The van der Waals surface area contributed by atoms with Crippen molar-refractivity contribution in [3.63, 3.8) is 0 Å². The van der Waals surface area contributed by atoms with E-state index in [9.17, 15) is 9.59 Å². The zero-order chi connectivity index (χ0) is 13.5. The fourth-order valence-electron chi connectivity index (χ4n) is 1.41. The highest BCUT2D eigenvalue weighted by Gasteiger charge is 2.08. The lowest BCUT2D eigenvalue weighted by atomic mass is 10.1. The molecule has 1 aromatic rings. The van der Waals surface area contributed by atoms with E-state index in [0.29, 0.717) is 16.9 Å². The van der Waals surface area contributed by atoms with Gasteiger partial charge in [-0.2, -0.15) is 0 Å². The molecule has 0 spiro atoms. The highest BCUT2D eigenvalue weighted by molar-refractivity contribution is 5.90. The molecule has 0 heterocycles. The molecule has 0 radical (unpaired) electrons. The number of rotatable bonds is 5. The van der Waals surface area contributed by atoms with Gasteiger partial charge in [0.2, 0.25) is 5.91 Å². The third kappa shape index (κ3) is 3.62. The number of hydrogen-bond acceptors (Lipinski definition) is 4. The summed E-state index contributed by atoms with van der Waals surface area (Å²) in [5, 5.41) is 0. The normalized spacial score (nSPS) is 10.3. The first-order valence-corrected chi connectivity index (χ1v) is 5.29. The Hall–Kier alpha value is -2.30. The second-order valence-corrected chi connectivity index (χ2v) is 3.52. The quantitative estimate of drug-likeness (QED) is 0.799. The third-order valence-electron chi connectivity index (χ3n) is 2.27. The van der Waals surface area contributed by atoms with Crippen molar-refractivity contribution in [2.24, 2.45) is 5.73 Å². The Labute approximate surface area is 105 Å². The lowest BCUT2D eigenvalue weighted by Crippen LogP contribution is -2.08. The fourth-order valence-corrected chi connectivity index (χ4v) is 1.41. The first-order valence-electron chi connectivity index (χ1n) is 5.29. The molecule has 96 valence electrons. The maximum absolute atomic E-state index is 11.4. The van der Waals surface area contributed by atoms with E-state index in [0.717, 1.165) is 0 Å². The molecule has 0 aliphatic carbocycles. The Morgan fingerprint density at radius 1 is 1.33 bits per heavy atom. The van der Waals surface area contributed by atoms with Crippen LogP contribution in [0, 0.1) is 0 Å². The molecule has 1 rings (SSSR count). The van der Waals surface area contributed by atoms with E-state index >= 15 is 0 Å². The Morgan fingerprint density at radius 3 is 2.61 bits per heavy atom. The van der Waals surface area contributed by atoms with Crippen LogP contribution in [0.5, 0.6) is 5.75 Å². The molecular formula is C13H15NO4. The lowest BCUT2D eigenvalue weighted by Gasteiger charge is -2.06. The van der Waals surface area contributed by atoms with Gasteiger partial charge in [-0.1, -0.05) is 12.2 Å². The van der Waals surface area contributed by atoms with E-state index in [-0.39, 0.29) is 6.42 Å². The molecule has 0 aromatic heterocycles. The second-order valence-electron chi connectivity index (χ2n) is 3.52. The van der Waals surface area contributed by atoms with Crippen LogP contribution in [-0.2, 0) is 9.53 Å². The molecule has 1 amide bonds. The number of hydrogen-bond donors (Lipinski definition) is 1. The van der Waals surface area contributed by atoms with Crippen LogP contribution in [-0.4, -0.2) is 26.1 Å². The molecule has 1 aromatic carbocycles. The fraction of sp³-hybridized carbons (Fsp3) is 0.231. The third-order valence-corrected chi connectivity index (χ3v) is 2.27. The van der Waals surface area contributed by atoms with Crippen molar-refractivity contribution in [2.45, 2.75) is 6.42 Å². The minimum absolute atomic E-state index is 0.131.